The third-order valence-corrected chi connectivity index (χ3v) is 7.89. The number of ketones is 1. The van der Waals surface area contributed by atoms with Gasteiger partial charge >= 0.3 is 11.9 Å². The quantitative estimate of drug-likeness (QED) is 0.258. The Labute approximate surface area is 229 Å². The van der Waals surface area contributed by atoms with Gasteiger partial charge in [-0.15, -0.1) is 0 Å². The van der Waals surface area contributed by atoms with Gasteiger partial charge in [0, 0.05) is 18.7 Å². The SMILES string of the molecule is COC(=O)C1CCC(OC(F)(C(=O)C(Nc2ccccc2Cl)c2ccc3ncoc3c2F)N2CCCC2)CC1. The molecule has 0 amide bonds. The zero-order valence-electron chi connectivity index (χ0n) is 21.5. The first-order valence-electron chi connectivity index (χ1n) is 13.1. The summed E-state index contributed by atoms with van der Waals surface area (Å²) in [5.41, 5.74) is 0.337. The van der Waals surface area contributed by atoms with Crippen LogP contribution in [0.15, 0.2) is 47.2 Å². The van der Waals surface area contributed by atoms with Gasteiger partial charge in [0.05, 0.1) is 29.8 Å². The molecule has 2 fully saturated rings. The van der Waals surface area contributed by atoms with Crippen LogP contribution in [-0.4, -0.2) is 53.9 Å². The summed E-state index contributed by atoms with van der Waals surface area (Å²) in [5.74, 6) is -5.27. The van der Waals surface area contributed by atoms with E-state index in [1.165, 1.54) is 24.1 Å². The number of hydrogen-bond acceptors (Lipinski definition) is 8. The third-order valence-electron chi connectivity index (χ3n) is 7.56. The average Bonchev–Trinajstić information content (AvgIpc) is 3.66. The van der Waals surface area contributed by atoms with Crippen LogP contribution in [0.5, 0.6) is 0 Å². The minimum Gasteiger partial charge on any atom is -0.469 e. The van der Waals surface area contributed by atoms with E-state index in [4.69, 9.17) is 25.5 Å². The Balaban J connectivity index is 1.50. The summed E-state index contributed by atoms with van der Waals surface area (Å²) in [5, 5.41) is 3.25. The van der Waals surface area contributed by atoms with Gasteiger partial charge in [-0.3, -0.25) is 9.59 Å². The van der Waals surface area contributed by atoms with Crippen LogP contribution in [0, 0.1) is 11.7 Å². The Bertz CT molecular complexity index is 1340. The van der Waals surface area contributed by atoms with Gasteiger partial charge in [-0.05, 0) is 56.7 Å². The molecule has 2 atom stereocenters. The molecule has 2 heterocycles. The fraction of sp³-hybridized carbons (Fsp3) is 0.464. The van der Waals surface area contributed by atoms with Crippen LogP contribution in [0.2, 0.25) is 5.02 Å². The van der Waals surface area contributed by atoms with E-state index in [2.05, 4.69) is 10.3 Å². The molecule has 2 aliphatic rings. The maximum atomic E-state index is 17.2. The minimum atomic E-state index is -2.85. The lowest BCUT2D eigenvalue weighted by atomic mass is 9.87. The number of Topliss-reactive ketones (excluding diaryl/α,β-unsaturated/α-hetero) is 1. The van der Waals surface area contributed by atoms with Gasteiger partial charge < -0.3 is 19.2 Å². The van der Waals surface area contributed by atoms with Gasteiger partial charge in [0.15, 0.2) is 17.8 Å². The molecule has 1 aliphatic carbocycles. The Kier molecular flexibility index (Phi) is 8.16. The number of methoxy groups -OCH3 is 1. The number of rotatable bonds is 9. The fourth-order valence-electron chi connectivity index (χ4n) is 5.43. The molecule has 1 N–H and O–H groups in total. The van der Waals surface area contributed by atoms with Crippen molar-refractivity contribution in [3.63, 3.8) is 0 Å². The van der Waals surface area contributed by atoms with Crippen LogP contribution < -0.4 is 5.32 Å². The van der Waals surface area contributed by atoms with Crippen LogP contribution in [0.1, 0.15) is 50.1 Å². The maximum absolute atomic E-state index is 17.2. The number of anilines is 1. The van der Waals surface area contributed by atoms with Crippen LogP contribution in [0.3, 0.4) is 0 Å². The molecule has 1 aromatic heterocycles. The predicted molar refractivity (Wildman–Crippen MR) is 140 cm³/mol. The highest BCUT2D eigenvalue weighted by atomic mass is 35.5. The second-order valence-corrected chi connectivity index (χ2v) is 10.4. The lowest BCUT2D eigenvalue weighted by Crippen LogP contribution is -2.56. The molecule has 2 unspecified atom stereocenters. The lowest BCUT2D eigenvalue weighted by Gasteiger charge is -2.39. The van der Waals surface area contributed by atoms with E-state index in [1.807, 2.05) is 0 Å². The molecule has 39 heavy (non-hydrogen) atoms. The lowest BCUT2D eigenvalue weighted by molar-refractivity contribution is -0.253. The number of carbonyl (C=O) groups is 2. The Morgan fingerprint density at radius 2 is 1.87 bits per heavy atom. The smallest absolute Gasteiger partial charge is 0.332 e. The van der Waals surface area contributed by atoms with Crippen molar-refractivity contribution in [2.75, 3.05) is 25.5 Å². The largest absolute Gasteiger partial charge is 0.469 e. The number of aromatic nitrogens is 1. The fourth-order valence-corrected chi connectivity index (χ4v) is 5.62. The number of benzene rings is 2. The van der Waals surface area contributed by atoms with Crippen LogP contribution >= 0.6 is 11.6 Å². The molecule has 5 rings (SSSR count). The van der Waals surface area contributed by atoms with Gasteiger partial charge in [-0.2, -0.15) is 4.39 Å². The van der Waals surface area contributed by atoms with Crippen molar-refractivity contribution >= 4 is 40.1 Å². The Morgan fingerprint density at radius 3 is 2.56 bits per heavy atom. The number of para-hydroxylation sites is 1. The first-order chi connectivity index (χ1) is 18.8. The van der Waals surface area contributed by atoms with Crippen molar-refractivity contribution in [1.82, 2.24) is 9.88 Å². The summed E-state index contributed by atoms with van der Waals surface area (Å²) in [7, 11) is 1.34. The number of likely N-dealkylation sites (tertiary alicyclic amines) is 1. The van der Waals surface area contributed by atoms with Crippen molar-refractivity contribution in [2.45, 2.75) is 56.6 Å². The molecule has 1 saturated carbocycles. The monoisotopic (exact) mass is 561 g/mol. The number of halogens is 3. The number of hydrogen-bond donors (Lipinski definition) is 1. The van der Waals surface area contributed by atoms with Crippen molar-refractivity contribution in [2.24, 2.45) is 5.92 Å². The molecule has 2 aromatic carbocycles. The number of carbonyl (C=O) groups excluding carboxylic acids is 2. The molecule has 1 saturated heterocycles. The van der Waals surface area contributed by atoms with Crippen molar-refractivity contribution in [3.05, 3.63) is 59.2 Å². The van der Waals surface area contributed by atoms with Crippen molar-refractivity contribution < 1.29 is 32.3 Å². The van der Waals surface area contributed by atoms with Gasteiger partial charge in [0.25, 0.3) is 0 Å². The highest BCUT2D eigenvalue weighted by Crippen LogP contribution is 2.39. The molecular formula is C28H30ClF2N3O5. The number of nitrogens with one attached hydrogen (secondary N) is 1. The Hall–Kier alpha value is -3.08. The van der Waals surface area contributed by atoms with Crippen molar-refractivity contribution in [1.29, 1.82) is 0 Å². The molecule has 0 spiro atoms. The van der Waals surface area contributed by atoms with Gasteiger partial charge in [0.1, 0.15) is 11.6 Å². The number of ether oxygens (including phenoxy) is 2. The topological polar surface area (TPSA) is 93.9 Å². The Morgan fingerprint density at radius 1 is 1.15 bits per heavy atom. The van der Waals surface area contributed by atoms with E-state index in [-0.39, 0.29) is 33.6 Å². The summed E-state index contributed by atoms with van der Waals surface area (Å²) in [4.78, 5) is 31.5. The summed E-state index contributed by atoms with van der Waals surface area (Å²) in [6.45, 7) is 0.615. The molecule has 11 heteroatoms. The van der Waals surface area contributed by atoms with Gasteiger partial charge in [-0.25, -0.2) is 14.3 Å². The van der Waals surface area contributed by atoms with E-state index in [0.717, 1.165) is 6.39 Å². The predicted octanol–water partition coefficient (Wildman–Crippen LogP) is 5.81. The molecule has 8 nitrogen and oxygen atoms in total. The molecule has 0 bridgehead atoms. The number of fused-ring (bicyclic) bond motifs is 1. The average molecular weight is 562 g/mol. The number of oxazole rings is 1. The maximum Gasteiger partial charge on any atom is 0.332 e. The van der Waals surface area contributed by atoms with E-state index in [1.54, 1.807) is 24.3 Å². The second kappa shape index (κ2) is 11.6. The highest BCUT2D eigenvalue weighted by Gasteiger charge is 2.52. The standard InChI is InChI=1S/C28H30ClF2N3O5/c1-37-27(36)17-8-10-18(11-9-17)39-28(31,34-14-4-5-15-34)26(35)24(33-21-7-3-2-6-20(21)29)19-12-13-22-25(23(19)30)38-16-32-22/h2-3,6-7,12-13,16-18,24,33H,4-5,8-11,14-15H2,1H3. The van der Waals surface area contributed by atoms with Crippen LogP contribution in [0.4, 0.5) is 14.5 Å². The third kappa shape index (κ3) is 5.50. The van der Waals surface area contributed by atoms with Crippen molar-refractivity contribution in [3.8, 4) is 0 Å². The summed E-state index contributed by atoms with van der Waals surface area (Å²) < 4.78 is 48.9. The highest BCUT2D eigenvalue weighted by molar-refractivity contribution is 6.33. The van der Waals surface area contributed by atoms with E-state index < -0.39 is 29.7 Å². The van der Waals surface area contributed by atoms with Gasteiger partial charge in [-0.1, -0.05) is 29.8 Å². The van der Waals surface area contributed by atoms with Gasteiger partial charge in [0.2, 0.25) is 5.78 Å². The molecule has 1 aliphatic heterocycles. The van der Waals surface area contributed by atoms with E-state index in [9.17, 15) is 9.59 Å². The number of nitrogens with zero attached hydrogens (tertiary/aromatic N) is 2. The number of alkyl halides is 1. The van der Waals surface area contributed by atoms with Crippen LogP contribution in [-0.2, 0) is 19.1 Å². The van der Waals surface area contributed by atoms with E-state index >= 15 is 8.78 Å². The van der Waals surface area contributed by atoms with Crippen LogP contribution in [0.25, 0.3) is 11.1 Å². The summed E-state index contributed by atoms with van der Waals surface area (Å²) in [6, 6.07) is 8.04. The van der Waals surface area contributed by atoms with E-state index in [0.29, 0.717) is 57.3 Å². The molecular weight excluding hydrogens is 532 g/mol. The molecule has 208 valence electrons. The number of esters is 1. The first-order valence-corrected chi connectivity index (χ1v) is 13.5. The minimum absolute atomic E-state index is 0.122. The molecule has 3 aromatic rings. The summed E-state index contributed by atoms with van der Waals surface area (Å²) in [6.07, 6.45) is 3.56. The summed E-state index contributed by atoms with van der Waals surface area (Å²) >= 11 is 6.36. The molecule has 0 radical (unpaired) electrons. The first kappa shape index (κ1) is 27.5. The normalized spacial score (nSPS) is 22.4. The zero-order valence-corrected chi connectivity index (χ0v) is 22.3. The second-order valence-electron chi connectivity index (χ2n) is 9.96. The zero-order chi connectivity index (χ0) is 27.6.